The number of carbonyl (C=O) groups excluding carboxylic acids is 2. The van der Waals surface area contributed by atoms with Crippen molar-refractivity contribution >= 4 is 29.1 Å². The van der Waals surface area contributed by atoms with Gasteiger partial charge in [-0.2, -0.15) is 5.10 Å². The number of hydrazone groups is 1. The summed E-state index contributed by atoms with van der Waals surface area (Å²) in [6.45, 7) is 0.768. The first-order valence-electron chi connectivity index (χ1n) is 9.77. The van der Waals surface area contributed by atoms with Crippen LogP contribution in [-0.2, 0) is 6.54 Å². The summed E-state index contributed by atoms with van der Waals surface area (Å²) in [5.74, 6) is -0.308. The molecule has 0 unspecified atom stereocenters. The zero-order valence-corrected chi connectivity index (χ0v) is 15.8. The molecule has 7 nitrogen and oxygen atoms in total. The second-order valence-corrected chi connectivity index (χ2v) is 7.54. The number of hydrogen-bond donors (Lipinski definition) is 3. The standard InChI is InChI=1S/C22H21N5O2/c23-22(29)27-18-9-3-8-16-19(18)17(12-25-26-21(16)28)20(27)14-5-1-4-13(10-14)11-24-15-6-2-7-15/h1,3-5,8-10,12,15,24H,2,6-7,11H2,(H2,23,29)(H,26,28). The minimum atomic E-state index is -0.597. The van der Waals surface area contributed by atoms with Gasteiger partial charge >= 0.3 is 6.03 Å². The van der Waals surface area contributed by atoms with Crippen LogP contribution in [0.1, 0.15) is 40.7 Å². The van der Waals surface area contributed by atoms with E-state index >= 15 is 0 Å². The number of primary amides is 1. The summed E-state index contributed by atoms with van der Waals surface area (Å²) in [5, 5.41) is 8.29. The highest BCUT2D eigenvalue weighted by Gasteiger charge is 2.26. The van der Waals surface area contributed by atoms with E-state index in [0.29, 0.717) is 33.8 Å². The number of aromatic nitrogens is 1. The summed E-state index contributed by atoms with van der Waals surface area (Å²) in [6, 6.07) is 13.3. The molecular formula is C22H21N5O2. The maximum absolute atomic E-state index is 12.4. The monoisotopic (exact) mass is 387 g/mol. The molecule has 1 aliphatic heterocycles. The molecule has 0 atom stereocenters. The van der Waals surface area contributed by atoms with Crippen molar-refractivity contribution in [3.63, 3.8) is 0 Å². The highest BCUT2D eigenvalue weighted by atomic mass is 16.2. The Morgan fingerprint density at radius 1 is 1.24 bits per heavy atom. The van der Waals surface area contributed by atoms with Crippen LogP contribution in [-0.4, -0.2) is 28.8 Å². The number of rotatable bonds is 4. The Morgan fingerprint density at radius 3 is 2.83 bits per heavy atom. The van der Waals surface area contributed by atoms with E-state index in [9.17, 15) is 9.59 Å². The van der Waals surface area contributed by atoms with Crippen LogP contribution in [0.4, 0.5) is 4.79 Å². The predicted molar refractivity (Wildman–Crippen MR) is 112 cm³/mol. The van der Waals surface area contributed by atoms with Crippen molar-refractivity contribution in [3.05, 3.63) is 59.2 Å². The highest BCUT2D eigenvalue weighted by molar-refractivity contribution is 6.19. The lowest BCUT2D eigenvalue weighted by atomic mass is 9.93. The molecule has 2 aromatic carbocycles. The zero-order valence-electron chi connectivity index (χ0n) is 15.8. The Balaban J connectivity index is 1.69. The predicted octanol–water partition coefficient (Wildman–Crippen LogP) is 2.95. The Kier molecular flexibility index (Phi) is 4.17. The van der Waals surface area contributed by atoms with E-state index in [-0.39, 0.29) is 5.91 Å². The minimum absolute atomic E-state index is 0.308. The van der Waals surface area contributed by atoms with E-state index in [2.05, 4.69) is 28.0 Å². The second kappa shape index (κ2) is 6.86. The summed E-state index contributed by atoms with van der Waals surface area (Å²) >= 11 is 0. The Bertz CT molecular complexity index is 1170. The largest absolute Gasteiger partial charge is 0.351 e. The number of hydrogen-bond acceptors (Lipinski definition) is 4. The fraction of sp³-hybridized carbons (Fsp3) is 0.227. The first-order chi connectivity index (χ1) is 14.1. The maximum atomic E-state index is 12.4. The molecule has 7 heteroatoms. The first-order valence-corrected chi connectivity index (χ1v) is 9.77. The Labute approximate surface area is 167 Å². The maximum Gasteiger partial charge on any atom is 0.323 e. The fourth-order valence-corrected chi connectivity index (χ4v) is 4.12. The first kappa shape index (κ1) is 17.6. The Morgan fingerprint density at radius 2 is 2.07 bits per heavy atom. The summed E-state index contributed by atoms with van der Waals surface area (Å²) in [7, 11) is 0. The Hall–Kier alpha value is -3.45. The van der Waals surface area contributed by atoms with Crippen molar-refractivity contribution in [1.29, 1.82) is 0 Å². The van der Waals surface area contributed by atoms with Crippen LogP contribution in [0.3, 0.4) is 0 Å². The quantitative estimate of drug-likeness (QED) is 0.641. The third-order valence-corrected chi connectivity index (χ3v) is 5.76. The van der Waals surface area contributed by atoms with Crippen molar-refractivity contribution in [2.75, 3.05) is 0 Å². The molecule has 29 heavy (non-hydrogen) atoms. The molecule has 1 fully saturated rings. The SMILES string of the molecule is NC(=O)n1c(-c2cccc(CNC3CCC3)c2)c2c3c(cccc31)C(=O)NN=C2. The van der Waals surface area contributed by atoms with Crippen LogP contribution in [0.25, 0.3) is 22.2 Å². The lowest BCUT2D eigenvalue weighted by Gasteiger charge is -2.26. The van der Waals surface area contributed by atoms with Gasteiger partial charge in [0, 0.05) is 23.5 Å². The summed E-state index contributed by atoms with van der Waals surface area (Å²) < 4.78 is 1.47. The van der Waals surface area contributed by atoms with Crippen molar-refractivity contribution in [1.82, 2.24) is 15.3 Å². The minimum Gasteiger partial charge on any atom is -0.351 e. The summed E-state index contributed by atoms with van der Waals surface area (Å²) in [5.41, 5.74) is 12.7. The van der Waals surface area contributed by atoms with Gasteiger partial charge in [0.05, 0.1) is 23.0 Å². The van der Waals surface area contributed by atoms with Crippen molar-refractivity contribution in [3.8, 4) is 11.3 Å². The van der Waals surface area contributed by atoms with E-state index in [1.54, 1.807) is 24.4 Å². The molecule has 4 N–H and O–H groups in total. The molecule has 1 saturated carbocycles. The van der Waals surface area contributed by atoms with Crippen molar-refractivity contribution < 1.29 is 9.59 Å². The van der Waals surface area contributed by atoms with E-state index in [4.69, 9.17) is 5.73 Å². The van der Waals surface area contributed by atoms with Gasteiger partial charge < -0.3 is 11.1 Å². The summed E-state index contributed by atoms with van der Waals surface area (Å²) in [4.78, 5) is 24.8. The van der Waals surface area contributed by atoms with Gasteiger partial charge in [-0.3, -0.25) is 9.36 Å². The molecule has 146 valence electrons. The normalized spacial score (nSPS) is 15.8. The number of benzene rings is 2. The number of carbonyl (C=O) groups is 2. The van der Waals surface area contributed by atoms with E-state index in [1.807, 2.05) is 12.1 Å². The molecule has 1 aliphatic carbocycles. The average molecular weight is 387 g/mol. The zero-order chi connectivity index (χ0) is 20.0. The van der Waals surface area contributed by atoms with Crippen LogP contribution < -0.4 is 16.5 Å². The van der Waals surface area contributed by atoms with Crippen LogP contribution in [0.15, 0.2) is 47.6 Å². The van der Waals surface area contributed by atoms with E-state index < -0.39 is 6.03 Å². The number of nitrogens with zero attached hydrogens (tertiary/aromatic N) is 2. The highest BCUT2D eigenvalue weighted by Crippen LogP contribution is 2.35. The molecule has 2 heterocycles. The number of nitrogens with two attached hydrogens (primary N) is 1. The molecule has 0 spiro atoms. The lowest BCUT2D eigenvalue weighted by Crippen LogP contribution is -2.34. The molecule has 0 bridgehead atoms. The molecular weight excluding hydrogens is 366 g/mol. The molecule has 0 saturated heterocycles. The van der Waals surface area contributed by atoms with Crippen molar-refractivity contribution in [2.24, 2.45) is 10.8 Å². The third-order valence-electron chi connectivity index (χ3n) is 5.76. The second-order valence-electron chi connectivity index (χ2n) is 7.54. The molecule has 1 aromatic heterocycles. The van der Waals surface area contributed by atoms with Crippen LogP contribution in [0, 0.1) is 0 Å². The van der Waals surface area contributed by atoms with Gasteiger partial charge in [-0.05, 0) is 42.2 Å². The third kappa shape index (κ3) is 2.91. The topological polar surface area (TPSA) is 102 Å². The van der Waals surface area contributed by atoms with Crippen LogP contribution in [0.5, 0.6) is 0 Å². The van der Waals surface area contributed by atoms with Gasteiger partial charge in [0.15, 0.2) is 0 Å². The van der Waals surface area contributed by atoms with E-state index in [1.165, 1.54) is 23.8 Å². The van der Waals surface area contributed by atoms with Gasteiger partial charge in [-0.25, -0.2) is 10.2 Å². The molecule has 5 rings (SSSR count). The van der Waals surface area contributed by atoms with Gasteiger partial charge in [-0.15, -0.1) is 0 Å². The molecule has 3 aromatic rings. The molecule has 2 aliphatic rings. The van der Waals surface area contributed by atoms with Gasteiger partial charge in [0.2, 0.25) is 0 Å². The summed E-state index contributed by atoms with van der Waals surface area (Å²) in [6.07, 6.45) is 5.32. The van der Waals surface area contributed by atoms with Crippen LogP contribution >= 0.6 is 0 Å². The van der Waals surface area contributed by atoms with E-state index in [0.717, 1.165) is 17.7 Å². The smallest absolute Gasteiger partial charge is 0.323 e. The molecule has 0 radical (unpaired) electrons. The van der Waals surface area contributed by atoms with Crippen LogP contribution in [0.2, 0.25) is 0 Å². The number of amides is 2. The molecule has 2 amide bonds. The van der Waals surface area contributed by atoms with Gasteiger partial charge in [0.25, 0.3) is 5.91 Å². The van der Waals surface area contributed by atoms with Gasteiger partial charge in [0.1, 0.15) is 0 Å². The lowest BCUT2D eigenvalue weighted by molar-refractivity contribution is 0.0957. The van der Waals surface area contributed by atoms with Gasteiger partial charge in [-0.1, -0.05) is 30.7 Å². The average Bonchev–Trinajstić information content (AvgIpc) is 2.92. The number of nitrogens with one attached hydrogen (secondary N) is 2. The van der Waals surface area contributed by atoms with Crippen molar-refractivity contribution in [2.45, 2.75) is 31.8 Å². The fourth-order valence-electron chi connectivity index (χ4n) is 4.12.